The molecule has 0 unspecified atom stereocenters. The van der Waals surface area contributed by atoms with E-state index in [1.807, 2.05) is 0 Å². The molecule has 0 radical (unpaired) electrons. The van der Waals surface area contributed by atoms with E-state index in [4.69, 9.17) is 0 Å². The SMILES string of the molecule is CC1(C)CC2(CC(C)(C)c3cc(I)c(O)c(I)c32)c2c1cc(I)c(O)c2I. The maximum absolute atomic E-state index is 10.8. The van der Waals surface area contributed by atoms with Gasteiger partial charge in [-0.25, -0.2) is 0 Å². The van der Waals surface area contributed by atoms with Crippen molar-refractivity contribution in [2.75, 3.05) is 0 Å². The number of benzene rings is 2. The minimum atomic E-state index is -0.172. The van der Waals surface area contributed by atoms with Crippen molar-refractivity contribution in [3.05, 3.63) is 48.7 Å². The second kappa shape index (κ2) is 6.48. The zero-order valence-corrected chi connectivity index (χ0v) is 24.1. The second-order valence-corrected chi connectivity index (χ2v) is 13.6. The van der Waals surface area contributed by atoms with Gasteiger partial charge in [-0.05, 0) is 148 Å². The van der Waals surface area contributed by atoms with E-state index in [9.17, 15) is 10.2 Å². The quantitative estimate of drug-likeness (QED) is 0.278. The number of hydrogen-bond donors (Lipinski definition) is 2. The van der Waals surface area contributed by atoms with Gasteiger partial charge in [0.15, 0.2) is 0 Å². The molecule has 0 saturated heterocycles. The summed E-state index contributed by atoms with van der Waals surface area (Å²) in [5.74, 6) is 0.783. The van der Waals surface area contributed by atoms with E-state index in [0.717, 1.165) is 27.1 Å². The fourth-order valence-corrected chi connectivity index (χ4v) is 9.85. The highest BCUT2D eigenvalue weighted by atomic mass is 127. The van der Waals surface area contributed by atoms with Crippen LogP contribution in [-0.4, -0.2) is 10.2 Å². The molecule has 2 aromatic carbocycles. The Hall–Kier alpha value is 0.960. The van der Waals surface area contributed by atoms with Gasteiger partial charge >= 0.3 is 0 Å². The first-order chi connectivity index (χ1) is 12.3. The first kappa shape index (κ1) is 21.2. The van der Waals surface area contributed by atoms with Gasteiger partial charge in [0, 0.05) is 5.41 Å². The summed E-state index contributed by atoms with van der Waals surface area (Å²) >= 11 is 9.13. The number of hydrogen-bond acceptors (Lipinski definition) is 2. The summed E-state index contributed by atoms with van der Waals surface area (Å²) in [5, 5.41) is 21.5. The minimum Gasteiger partial charge on any atom is -0.506 e. The van der Waals surface area contributed by atoms with E-state index in [0.29, 0.717) is 11.5 Å². The van der Waals surface area contributed by atoms with Crippen LogP contribution in [-0.2, 0) is 16.2 Å². The Bertz CT molecular complexity index is 927. The molecule has 4 rings (SSSR count). The highest BCUT2D eigenvalue weighted by molar-refractivity contribution is 14.1. The van der Waals surface area contributed by atoms with E-state index in [1.54, 1.807) is 0 Å². The van der Waals surface area contributed by atoms with Gasteiger partial charge in [0.2, 0.25) is 0 Å². The van der Waals surface area contributed by atoms with Crippen LogP contribution in [0.15, 0.2) is 12.1 Å². The van der Waals surface area contributed by atoms with Crippen LogP contribution < -0.4 is 0 Å². The molecule has 6 heteroatoms. The van der Waals surface area contributed by atoms with Crippen LogP contribution in [0.25, 0.3) is 0 Å². The van der Waals surface area contributed by atoms with Crippen molar-refractivity contribution in [3.8, 4) is 11.5 Å². The molecule has 0 atom stereocenters. The molecular formula is C21H20I4O2. The predicted octanol–water partition coefficient (Wildman–Crippen LogP) is 7.16. The summed E-state index contributed by atoms with van der Waals surface area (Å²) in [6.45, 7) is 9.25. The molecule has 27 heavy (non-hydrogen) atoms. The molecule has 0 bridgehead atoms. The number of rotatable bonds is 0. The summed E-state index contributed by atoms with van der Waals surface area (Å²) in [6.07, 6.45) is 1.99. The molecule has 2 aliphatic carbocycles. The first-order valence-corrected chi connectivity index (χ1v) is 13.1. The first-order valence-electron chi connectivity index (χ1n) is 8.77. The van der Waals surface area contributed by atoms with Gasteiger partial charge in [-0.15, -0.1) is 0 Å². The lowest BCUT2D eigenvalue weighted by Gasteiger charge is -2.32. The standard InChI is InChI=1S/C21H20I4O2/c1-19(2)7-21(13-9(19)5-11(22)17(26)15(13)24)8-20(3,4)10-6-12(23)18(27)16(25)14(10)21/h5-6,26-27H,7-8H2,1-4H3. The topological polar surface area (TPSA) is 40.5 Å². The van der Waals surface area contributed by atoms with Crippen LogP contribution in [0.1, 0.15) is 62.8 Å². The maximum atomic E-state index is 10.8. The summed E-state index contributed by atoms with van der Waals surface area (Å²) in [6, 6.07) is 4.35. The molecule has 1 spiro atoms. The fourth-order valence-electron chi connectivity index (χ4n) is 5.46. The molecule has 0 amide bonds. The number of aromatic hydroxyl groups is 2. The number of halogens is 4. The van der Waals surface area contributed by atoms with Crippen LogP contribution in [0.5, 0.6) is 11.5 Å². The molecule has 2 aliphatic rings. The summed E-state index contributed by atoms with van der Waals surface area (Å²) in [7, 11) is 0. The molecule has 2 N–H and O–H groups in total. The van der Waals surface area contributed by atoms with Gasteiger partial charge in [0.05, 0.1) is 14.3 Å². The summed E-state index contributed by atoms with van der Waals surface area (Å²) < 4.78 is 3.77. The van der Waals surface area contributed by atoms with Crippen molar-refractivity contribution in [1.29, 1.82) is 0 Å². The number of phenolic OH excluding ortho intramolecular Hbond substituents is 2. The second-order valence-electron chi connectivity index (χ2n) is 9.09. The molecule has 2 nitrogen and oxygen atoms in total. The summed E-state index contributed by atoms with van der Waals surface area (Å²) in [5.41, 5.74) is 5.09. The predicted molar refractivity (Wildman–Crippen MR) is 143 cm³/mol. The highest BCUT2D eigenvalue weighted by Crippen LogP contribution is 2.66. The van der Waals surface area contributed by atoms with Crippen LogP contribution >= 0.6 is 90.4 Å². The van der Waals surface area contributed by atoms with Crippen molar-refractivity contribution in [2.45, 2.75) is 56.8 Å². The van der Waals surface area contributed by atoms with Gasteiger partial charge in [-0.3, -0.25) is 0 Å². The normalized spacial score (nSPS) is 20.7. The van der Waals surface area contributed by atoms with Crippen molar-refractivity contribution in [1.82, 2.24) is 0 Å². The van der Waals surface area contributed by atoms with Gasteiger partial charge in [0.1, 0.15) is 11.5 Å². The molecule has 2 aromatic rings. The molecule has 0 saturated carbocycles. The Kier molecular flexibility index (Phi) is 5.09. The van der Waals surface area contributed by atoms with Crippen molar-refractivity contribution in [2.24, 2.45) is 0 Å². The largest absolute Gasteiger partial charge is 0.506 e. The van der Waals surface area contributed by atoms with Crippen LogP contribution in [0.3, 0.4) is 0 Å². The molecular weight excluding hydrogens is 792 g/mol. The fraction of sp³-hybridized carbons (Fsp3) is 0.429. The molecule has 0 fully saturated rings. The van der Waals surface area contributed by atoms with Gasteiger partial charge in [-0.2, -0.15) is 0 Å². The Labute approximate surface area is 214 Å². The molecule has 0 heterocycles. The van der Waals surface area contributed by atoms with E-state index < -0.39 is 0 Å². The van der Waals surface area contributed by atoms with E-state index in [2.05, 4.69) is 130 Å². The molecule has 0 aliphatic heterocycles. The zero-order valence-electron chi connectivity index (χ0n) is 15.5. The van der Waals surface area contributed by atoms with Crippen molar-refractivity contribution >= 4 is 90.4 Å². The lowest BCUT2D eigenvalue weighted by molar-refractivity contribution is 0.347. The Morgan fingerprint density at radius 3 is 1.37 bits per heavy atom. The highest BCUT2D eigenvalue weighted by Gasteiger charge is 2.58. The van der Waals surface area contributed by atoms with Gasteiger partial charge in [-0.1, -0.05) is 27.7 Å². The van der Waals surface area contributed by atoms with Crippen LogP contribution in [0, 0.1) is 14.3 Å². The monoisotopic (exact) mass is 812 g/mol. The van der Waals surface area contributed by atoms with E-state index in [1.165, 1.54) is 22.3 Å². The maximum Gasteiger partial charge on any atom is 0.142 e. The average molecular weight is 812 g/mol. The number of fused-ring (bicyclic) bond motifs is 4. The lowest BCUT2D eigenvalue weighted by Crippen LogP contribution is -2.28. The van der Waals surface area contributed by atoms with Gasteiger partial charge in [0.25, 0.3) is 0 Å². The molecule has 144 valence electrons. The lowest BCUT2D eigenvalue weighted by atomic mass is 9.72. The summed E-state index contributed by atoms with van der Waals surface area (Å²) in [4.78, 5) is 0. The minimum absolute atomic E-state index is 0.0161. The number of phenols is 2. The van der Waals surface area contributed by atoms with E-state index in [-0.39, 0.29) is 16.2 Å². The third-order valence-electron chi connectivity index (χ3n) is 6.29. The third-order valence-corrected chi connectivity index (χ3v) is 10.0. The van der Waals surface area contributed by atoms with Crippen molar-refractivity contribution in [3.63, 3.8) is 0 Å². The van der Waals surface area contributed by atoms with E-state index >= 15 is 0 Å². The Morgan fingerprint density at radius 1 is 0.704 bits per heavy atom. The zero-order chi connectivity index (χ0) is 20.1. The third kappa shape index (κ3) is 2.84. The van der Waals surface area contributed by atoms with Crippen LogP contribution in [0.4, 0.5) is 0 Å². The smallest absolute Gasteiger partial charge is 0.142 e. The Morgan fingerprint density at radius 2 is 1.04 bits per heavy atom. The van der Waals surface area contributed by atoms with Crippen molar-refractivity contribution < 1.29 is 10.2 Å². The molecule has 0 aromatic heterocycles. The average Bonchev–Trinajstić information content (AvgIpc) is 2.89. The Balaban J connectivity index is 2.16. The van der Waals surface area contributed by atoms with Crippen LogP contribution in [0.2, 0.25) is 0 Å². The van der Waals surface area contributed by atoms with Gasteiger partial charge < -0.3 is 10.2 Å².